The number of rotatable bonds is 8. The molecule has 0 amide bonds. The highest BCUT2D eigenvalue weighted by Gasteiger charge is 2.07. The van der Waals surface area contributed by atoms with Gasteiger partial charge in [0, 0.05) is 13.2 Å². The van der Waals surface area contributed by atoms with Crippen molar-refractivity contribution in [3.8, 4) is 0 Å². The Kier molecular flexibility index (Phi) is 6.50. The number of hydrogen-bond donors (Lipinski definition) is 1. The standard InChI is InChI=1S/C11H16ClN3O2/c1-2-3-5-17-6-4-13-11-9(7-16)10(12)14-8-15-11/h7-8H,2-6H2,1H3,(H,13,14,15). The molecule has 5 nitrogen and oxygen atoms in total. The second kappa shape index (κ2) is 7.97. The van der Waals surface area contributed by atoms with Gasteiger partial charge in [0.15, 0.2) is 6.29 Å². The van der Waals surface area contributed by atoms with Crippen molar-refractivity contribution in [3.05, 3.63) is 17.0 Å². The number of carbonyl (C=O) groups is 1. The first-order chi connectivity index (χ1) is 8.29. The van der Waals surface area contributed by atoms with Crippen molar-refractivity contribution in [2.45, 2.75) is 19.8 Å². The van der Waals surface area contributed by atoms with Crippen LogP contribution in [0.2, 0.25) is 5.15 Å². The number of aromatic nitrogens is 2. The molecule has 0 saturated heterocycles. The van der Waals surface area contributed by atoms with Crippen LogP contribution in [-0.4, -0.2) is 36.0 Å². The fourth-order valence-corrected chi connectivity index (χ4v) is 1.39. The smallest absolute Gasteiger partial charge is 0.156 e. The molecule has 0 atom stereocenters. The van der Waals surface area contributed by atoms with Crippen molar-refractivity contribution >= 4 is 23.7 Å². The van der Waals surface area contributed by atoms with E-state index in [0.29, 0.717) is 25.3 Å². The highest BCUT2D eigenvalue weighted by atomic mass is 35.5. The van der Waals surface area contributed by atoms with Crippen LogP contribution in [0.5, 0.6) is 0 Å². The fraction of sp³-hybridized carbons (Fsp3) is 0.545. The Morgan fingerprint density at radius 2 is 2.29 bits per heavy atom. The van der Waals surface area contributed by atoms with Crippen LogP contribution in [-0.2, 0) is 4.74 Å². The Labute approximate surface area is 106 Å². The van der Waals surface area contributed by atoms with Crippen LogP contribution in [0, 0.1) is 0 Å². The summed E-state index contributed by atoms with van der Waals surface area (Å²) in [6, 6.07) is 0. The maximum atomic E-state index is 10.8. The molecule has 0 fully saturated rings. The number of halogens is 1. The maximum Gasteiger partial charge on any atom is 0.156 e. The van der Waals surface area contributed by atoms with Gasteiger partial charge in [-0.3, -0.25) is 4.79 Å². The van der Waals surface area contributed by atoms with Gasteiger partial charge in [-0.2, -0.15) is 0 Å². The molecule has 1 N–H and O–H groups in total. The van der Waals surface area contributed by atoms with Crippen LogP contribution in [0.4, 0.5) is 5.82 Å². The van der Waals surface area contributed by atoms with Crippen molar-refractivity contribution < 1.29 is 9.53 Å². The Balaban J connectivity index is 2.36. The molecular formula is C11H16ClN3O2. The number of unbranched alkanes of at least 4 members (excludes halogenated alkanes) is 1. The minimum atomic E-state index is 0.157. The molecule has 0 spiro atoms. The molecule has 0 radical (unpaired) electrons. The first kappa shape index (κ1) is 13.9. The number of ether oxygens (including phenoxy) is 1. The summed E-state index contributed by atoms with van der Waals surface area (Å²) >= 11 is 5.76. The fourth-order valence-electron chi connectivity index (χ4n) is 1.21. The zero-order chi connectivity index (χ0) is 12.5. The third kappa shape index (κ3) is 4.66. The minimum Gasteiger partial charge on any atom is -0.380 e. The summed E-state index contributed by atoms with van der Waals surface area (Å²) in [6.45, 7) is 4.02. The zero-order valence-electron chi connectivity index (χ0n) is 9.78. The van der Waals surface area contributed by atoms with Crippen molar-refractivity contribution in [3.63, 3.8) is 0 Å². The van der Waals surface area contributed by atoms with E-state index in [1.54, 1.807) is 0 Å². The van der Waals surface area contributed by atoms with Crippen LogP contribution >= 0.6 is 11.6 Å². The third-order valence-corrected chi connectivity index (χ3v) is 2.44. The molecule has 1 aromatic heterocycles. The van der Waals surface area contributed by atoms with E-state index < -0.39 is 0 Å². The van der Waals surface area contributed by atoms with Gasteiger partial charge in [0.25, 0.3) is 0 Å². The molecule has 0 saturated carbocycles. The van der Waals surface area contributed by atoms with E-state index >= 15 is 0 Å². The minimum absolute atomic E-state index is 0.157. The van der Waals surface area contributed by atoms with Crippen LogP contribution in [0.15, 0.2) is 6.33 Å². The lowest BCUT2D eigenvalue weighted by atomic mass is 10.3. The summed E-state index contributed by atoms with van der Waals surface area (Å²) < 4.78 is 5.37. The van der Waals surface area contributed by atoms with Crippen LogP contribution in [0.25, 0.3) is 0 Å². The van der Waals surface area contributed by atoms with E-state index in [1.807, 2.05) is 0 Å². The largest absolute Gasteiger partial charge is 0.380 e. The van der Waals surface area contributed by atoms with Gasteiger partial charge in [-0.1, -0.05) is 24.9 Å². The lowest BCUT2D eigenvalue weighted by Crippen LogP contribution is -2.12. The number of anilines is 1. The van der Waals surface area contributed by atoms with Crippen molar-refractivity contribution in [1.82, 2.24) is 9.97 Å². The highest BCUT2D eigenvalue weighted by molar-refractivity contribution is 6.32. The Hall–Kier alpha value is -1.20. The van der Waals surface area contributed by atoms with Crippen molar-refractivity contribution in [1.29, 1.82) is 0 Å². The molecule has 0 aromatic carbocycles. The highest BCUT2D eigenvalue weighted by Crippen LogP contribution is 2.16. The molecule has 0 aliphatic heterocycles. The average Bonchev–Trinajstić information content (AvgIpc) is 2.34. The van der Waals surface area contributed by atoms with Gasteiger partial charge in [-0.05, 0) is 6.42 Å². The summed E-state index contributed by atoms with van der Waals surface area (Å²) in [6.07, 6.45) is 4.13. The average molecular weight is 258 g/mol. The Bertz CT molecular complexity index is 361. The van der Waals surface area contributed by atoms with E-state index in [1.165, 1.54) is 6.33 Å². The van der Waals surface area contributed by atoms with E-state index in [4.69, 9.17) is 16.3 Å². The monoisotopic (exact) mass is 257 g/mol. The van der Waals surface area contributed by atoms with Crippen LogP contribution in [0.1, 0.15) is 30.1 Å². The molecule has 1 rings (SSSR count). The van der Waals surface area contributed by atoms with Gasteiger partial charge < -0.3 is 10.1 Å². The quantitative estimate of drug-likeness (QED) is 0.439. The topological polar surface area (TPSA) is 64.1 Å². The van der Waals surface area contributed by atoms with Gasteiger partial charge in [-0.15, -0.1) is 0 Å². The van der Waals surface area contributed by atoms with Gasteiger partial charge in [0.1, 0.15) is 17.3 Å². The maximum absolute atomic E-state index is 10.8. The van der Waals surface area contributed by atoms with Gasteiger partial charge in [-0.25, -0.2) is 9.97 Å². The predicted molar refractivity (Wildman–Crippen MR) is 66.6 cm³/mol. The summed E-state index contributed by atoms with van der Waals surface area (Å²) in [5.74, 6) is 0.444. The molecular weight excluding hydrogens is 242 g/mol. The molecule has 0 bridgehead atoms. The van der Waals surface area contributed by atoms with Crippen LogP contribution in [0.3, 0.4) is 0 Å². The number of aldehydes is 1. The second-order valence-corrected chi connectivity index (χ2v) is 3.80. The number of hydrogen-bond acceptors (Lipinski definition) is 5. The van der Waals surface area contributed by atoms with Gasteiger partial charge >= 0.3 is 0 Å². The van der Waals surface area contributed by atoms with E-state index in [0.717, 1.165) is 19.4 Å². The predicted octanol–water partition coefficient (Wildman–Crippen LogP) is 2.17. The zero-order valence-corrected chi connectivity index (χ0v) is 10.5. The summed E-state index contributed by atoms with van der Waals surface area (Å²) in [5.41, 5.74) is 0.280. The van der Waals surface area contributed by atoms with Gasteiger partial charge in [0.05, 0.1) is 12.2 Å². The summed E-state index contributed by atoms with van der Waals surface area (Å²) in [4.78, 5) is 18.5. The Morgan fingerprint density at radius 1 is 1.47 bits per heavy atom. The first-order valence-electron chi connectivity index (χ1n) is 5.56. The molecule has 17 heavy (non-hydrogen) atoms. The Morgan fingerprint density at radius 3 is 3.00 bits per heavy atom. The molecule has 1 heterocycles. The summed E-state index contributed by atoms with van der Waals surface area (Å²) in [7, 11) is 0. The molecule has 1 aromatic rings. The third-order valence-electron chi connectivity index (χ3n) is 2.13. The molecule has 94 valence electrons. The normalized spacial score (nSPS) is 10.2. The molecule has 0 aliphatic carbocycles. The van der Waals surface area contributed by atoms with Crippen molar-refractivity contribution in [2.24, 2.45) is 0 Å². The lowest BCUT2D eigenvalue weighted by Gasteiger charge is -2.08. The molecule has 6 heteroatoms. The number of nitrogens with one attached hydrogen (secondary N) is 1. The SMILES string of the molecule is CCCCOCCNc1ncnc(Cl)c1C=O. The van der Waals surface area contributed by atoms with Crippen molar-refractivity contribution in [2.75, 3.05) is 25.1 Å². The van der Waals surface area contributed by atoms with Crippen LogP contribution < -0.4 is 5.32 Å². The van der Waals surface area contributed by atoms with E-state index in [2.05, 4.69) is 22.2 Å². The second-order valence-electron chi connectivity index (χ2n) is 3.44. The molecule has 0 aliphatic rings. The summed E-state index contributed by atoms with van der Waals surface area (Å²) in [5, 5.41) is 3.15. The first-order valence-corrected chi connectivity index (χ1v) is 5.94. The van der Waals surface area contributed by atoms with Gasteiger partial charge in [0.2, 0.25) is 0 Å². The lowest BCUT2D eigenvalue weighted by molar-refractivity contribution is 0.112. The van der Waals surface area contributed by atoms with E-state index in [9.17, 15) is 4.79 Å². The number of carbonyl (C=O) groups excluding carboxylic acids is 1. The van der Waals surface area contributed by atoms with E-state index in [-0.39, 0.29) is 10.7 Å². The molecule has 0 unspecified atom stereocenters. The number of nitrogens with zero attached hydrogens (tertiary/aromatic N) is 2.